The van der Waals surface area contributed by atoms with Gasteiger partial charge in [0.1, 0.15) is 0 Å². The maximum absolute atomic E-state index is 12.2. The number of hydrogen-bond acceptors (Lipinski definition) is 3. The molecule has 0 aromatic carbocycles. The average molecular weight is 337 g/mol. The van der Waals surface area contributed by atoms with Crippen LogP contribution in [0, 0.1) is 27.7 Å². The fourth-order valence-electron chi connectivity index (χ4n) is 2.75. The van der Waals surface area contributed by atoms with E-state index in [1.165, 1.54) is 30.6 Å². The number of amides is 2. The minimum Gasteiger partial charge on any atom is -0.332 e. The maximum Gasteiger partial charge on any atom is 0.315 e. The van der Waals surface area contributed by atoms with Gasteiger partial charge in [0.2, 0.25) is 0 Å². The largest absolute Gasteiger partial charge is 0.332 e. The normalized spacial score (nSPS) is 13.7. The highest BCUT2D eigenvalue weighted by atomic mass is 32.1. The van der Waals surface area contributed by atoms with Crippen molar-refractivity contribution in [2.75, 3.05) is 0 Å². The van der Waals surface area contributed by atoms with Crippen LogP contribution in [0.1, 0.15) is 56.6 Å². The van der Waals surface area contributed by atoms with Crippen LogP contribution in [-0.4, -0.2) is 6.03 Å². The van der Waals surface area contributed by atoms with Crippen molar-refractivity contribution >= 4 is 28.7 Å². The summed E-state index contributed by atoms with van der Waals surface area (Å²) in [7, 11) is 0. The van der Waals surface area contributed by atoms with Crippen LogP contribution in [0.2, 0.25) is 0 Å². The van der Waals surface area contributed by atoms with Crippen LogP contribution < -0.4 is 10.6 Å². The van der Waals surface area contributed by atoms with Crippen molar-refractivity contribution < 1.29 is 4.79 Å². The molecule has 2 heterocycles. The van der Waals surface area contributed by atoms with Gasteiger partial charge < -0.3 is 10.6 Å². The SMILES string of the molecule is Cc1cc(C(C)NC(=O)NC(C)c2cc(C)sc2C)c(C)s1. The smallest absolute Gasteiger partial charge is 0.315 e. The fraction of sp³-hybridized carbons (Fsp3) is 0.471. The Hall–Kier alpha value is -1.33. The summed E-state index contributed by atoms with van der Waals surface area (Å²) in [6, 6.07) is 4.22. The first-order chi connectivity index (χ1) is 10.3. The monoisotopic (exact) mass is 336 g/mol. The van der Waals surface area contributed by atoms with Crippen molar-refractivity contribution in [2.45, 2.75) is 53.6 Å². The van der Waals surface area contributed by atoms with Crippen LogP contribution in [0.4, 0.5) is 4.79 Å². The third kappa shape index (κ3) is 3.90. The summed E-state index contributed by atoms with van der Waals surface area (Å²) >= 11 is 3.54. The number of nitrogens with one attached hydrogen (secondary N) is 2. The number of carbonyl (C=O) groups excluding carboxylic acids is 1. The number of thiophene rings is 2. The zero-order valence-electron chi connectivity index (χ0n) is 14.0. The molecule has 2 amide bonds. The molecule has 0 spiro atoms. The molecular formula is C17H24N2OS2. The summed E-state index contributed by atoms with van der Waals surface area (Å²) < 4.78 is 0. The van der Waals surface area contributed by atoms with E-state index in [1.54, 1.807) is 22.7 Å². The Bertz CT molecular complexity index is 616. The molecule has 2 N–H and O–H groups in total. The van der Waals surface area contributed by atoms with Crippen molar-refractivity contribution in [1.29, 1.82) is 0 Å². The molecule has 5 heteroatoms. The molecule has 0 bridgehead atoms. The van der Waals surface area contributed by atoms with E-state index in [-0.39, 0.29) is 18.1 Å². The highest BCUT2D eigenvalue weighted by molar-refractivity contribution is 7.12. The number of hydrogen-bond donors (Lipinski definition) is 2. The molecule has 3 nitrogen and oxygen atoms in total. The van der Waals surface area contributed by atoms with Gasteiger partial charge in [0.25, 0.3) is 0 Å². The second-order valence-corrected chi connectivity index (χ2v) is 8.72. The summed E-state index contributed by atoms with van der Waals surface area (Å²) in [5, 5.41) is 6.07. The van der Waals surface area contributed by atoms with Crippen LogP contribution >= 0.6 is 22.7 Å². The number of rotatable bonds is 4. The molecule has 2 rings (SSSR count). The maximum atomic E-state index is 12.2. The van der Waals surface area contributed by atoms with E-state index in [9.17, 15) is 4.79 Å². The van der Waals surface area contributed by atoms with Gasteiger partial charge in [0.05, 0.1) is 12.1 Å². The molecule has 2 aromatic rings. The average Bonchev–Trinajstić information content (AvgIpc) is 2.91. The number of carbonyl (C=O) groups is 1. The molecule has 2 atom stereocenters. The highest BCUT2D eigenvalue weighted by Gasteiger charge is 2.17. The summed E-state index contributed by atoms with van der Waals surface area (Å²) in [6.07, 6.45) is 0. The molecule has 0 aliphatic carbocycles. The molecular weight excluding hydrogens is 312 g/mol. The molecule has 2 aromatic heterocycles. The van der Waals surface area contributed by atoms with Crippen molar-refractivity contribution in [3.8, 4) is 0 Å². The van der Waals surface area contributed by atoms with Gasteiger partial charge in [-0.3, -0.25) is 0 Å². The molecule has 0 aliphatic heterocycles. The Morgan fingerprint density at radius 1 is 0.864 bits per heavy atom. The molecule has 0 aliphatic rings. The van der Waals surface area contributed by atoms with Gasteiger partial charge in [-0.05, 0) is 64.8 Å². The van der Waals surface area contributed by atoms with Gasteiger partial charge in [0.15, 0.2) is 0 Å². The Morgan fingerprint density at radius 2 is 1.23 bits per heavy atom. The van der Waals surface area contributed by atoms with E-state index in [4.69, 9.17) is 0 Å². The van der Waals surface area contributed by atoms with Gasteiger partial charge in [-0.15, -0.1) is 22.7 Å². The first kappa shape index (κ1) is 17.0. The lowest BCUT2D eigenvalue weighted by atomic mass is 10.1. The first-order valence-electron chi connectivity index (χ1n) is 7.48. The minimum atomic E-state index is -0.119. The highest BCUT2D eigenvalue weighted by Crippen LogP contribution is 2.27. The van der Waals surface area contributed by atoms with E-state index in [1.807, 2.05) is 13.8 Å². The van der Waals surface area contributed by atoms with Gasteiger partial charge >= 0.3 is 6.03 Å². The summed E-state index contributed by atoms with van der Waals surface area (Å²) in [6.45, 7) is 12.4. The third-order valence-electron chi connectivity index (χ3n) is 3.79. The zero-order valence-corrected chi connectivity index (χ0v) is 15.7. The minimum absolute atomic E-state index is 0.0162. The van der Waals surface area contributed by atoms with Gasteiger partial charge in [0, 0.05) is 19.5 Å². The zero-order chi connectivity index (χ0) is 16.4. The third-order valence-corrected chi connectivity index (χ3v) is 5.75. The molecule has 2 unspecified atom stereocenters. The Labute approximate surface area is 140 Å². The van der Waals surface area contributed by atoms with E-state index in [0.717, 1.165) is 0 Å². The van der Waals surface area contributed by atoms with E-state index >= 15 is 0 Å². The van der Waals surface area contributed by atoms with Crippen LogP contribution in [0.25, 0.3) is 0 Å². The van der Waals surface area contributed by atoms with Gasteiger partial charge in [-0.2, -0.15) is 0 Å². The summed E-state index contributed by atoms with van der Waals surface area (Å²) in [4.78, 5) is 17.3. The standard InChI is InChI=1S/C17H24N2OS2/c1-9-7-15(13(5)21-9)11(3)18-17(20)19-12(4)16-8-10(2)22-14(16)6/h7-8,11-12H,1-6H3,(H2,18,19,20). The molecule has 22 heavy (non-hydrogen) atoms. The number of urea groups is 1. The molecule has 0 saturated heterocycles. The lowest BCUT2D eigenvalue weighted by Crippen LogP contribution is -2.38. The van der Waals surface area contributed by atoms with Gasteiger partial charge in [-0.1, -0.05) is 0 Å². The lowest BCUT2D eigenvalue weighted by molar-refractivity contribution is 0.235. The molecule has 120 valence electrons. The van der Waals surface area contributed by atoms with E-state index in [2.05, 4.69) is 50.5 Å². The Morgan fingerprint density at radius 3 is 1.50 bits per heavy atom. The predicted octanol–water partition coefficient (Wildman–Crippen LogP) is 5.16. The topological polar surface area (TPSA) is 41.1 Å². The van der Waals surface area contributed by atoms with Crippen LogP contribution in [0.3, 0.4) is 0 Å². The van der Waals surface area contributed by atoms with Crippen LogP contribution in [0.5, 0.6) is 0 Å². The van der Waals surface area contributed by atoms with Gasteiger partial charge in [-0.25, -0.2) is 4.79 Å². The van der Waals surface area contributed by atoms with Crippen molar-refractivity contribution in [3.63, 3.8) is 0 Å². The summed E-state index contributed by atoms with van der Waals surface area (Å²) in [5.74, 6) is 0. The molecule has 0 radical (unpaired) electrons. The summed E-state index contributed by atoms with van der Waals surface area (Å²) in [5.41, 5.74) is 2.40. The first-order valence-corrected chi connectivity index (χ1v) is 9.12. The molecule has 0 saturated carbocycles. The quantitative estimate of drug-likeness (QED) is 0.795. The second-order valence-electron chi connectivity index (χ2n) is 5.80. The van der Waals surface area contributed by atoms with E-state index < -0.39 is 0 Å². The fourth-order valence-corrected chi connectivity index (χ4v) is 4.80. The van der Waals surface area contributed by atoms with Crippen molar-refractivity contribution in [1.82, 2.24) is 10.6 Å². The molecule has 0 fully saturated rings. The lowest BCUT2D eigenvalue weighted by Gasteiger charge is -2.18. The van der Waals surface area contributed by atoms with Crippen molar-refractivity contribution in [3.05, 3.63) is 42.8 Å². The predicted molar refractivity (Wildman–Crippen MR) is 96.1 cm³/mol. The van der Waals surface area contributed by atoms with E-state index in [0.29, 0.717) is 0 Å². The second kappa shape index (κ2) is 6.84. The number of aryl methyl sites for hydroxylation is 4. The Balaban J connectivity index is 1.98. The van der Waals surface area contributed by atoms with Crippen molar-refractivity contribution in [2.24, 2.45) is 0 Å². The van der Waals surface area contributed by atoms with Crippen LogP contribution in [0.15, 0.2) is 12.1 Å². The Kier molecular flexibility index (Phi) is 5.29. The van der Waals surface area contributed by atoms with Crippen LogP contribution in [-0.2, 0) is 0 Å².